The zero-order valence-corrected chi connectivity index (χ0v) is 16.0. The van der Waals surface area contributed by atoms with Crippen LogP contribution in [0.2, 0.25) is 0 Å². The van der Waals surface area contributed by atoms with E-state index >= 15 is 0 Å². The summed E-state index contributed by atoms with van der Waals surface area (Å²) in [4.78, 5) is 16.8. The fourth-order valence-electron chi connectivity index (χ4n) is 3.37. The van der Waals surface area contributed by atoms with Crippen LogP contribution in [0.25, 0.3) is 0 Å². The van der Waals surface area contributed by atoms with Crippen molar-refractivity contribution in [3.05, 3.63) is 35.4 Å². The van der Waals surface area contributed by atoms with Gasteiger partial charge in [0.1, 0.15) is 0 Å². The molecule has 1 heterocycles. The van der Waals surface area contributed by atoms with Gasteiger partial charge in [-0.15, -0.1) is 0 Å². The molecule has 2 amide bonds. The number of carbonyl (C=O) groups excluding carboxylic acids is 1. The van der Waals surface area contributed by atoms with E-state index in [4.69, 9.17) is 4.74 Å². The summed E-state index contributed by atoms with van der Waals surface area (Å²) in [6.45, 7) is 6.92. The molecule has 5 heteroatoms. The van der Waals surface area contributed by atoms with Gasteiger partial charge < -0.3 is 19.9 Å². The van der Waals surface area contributed by atoms with Gasteiger partial charge in [-0.05, 0) is 51.3 Å². The number of carbonyl (C=O) groups is 1. The highest BCUT2D eigenvalue weighted by molar-refractivity contribution is 5.74. The van der Waals surface area contributed by atoms with Crippen LogP contribution in [0.3, 0.4) is 0 Å². The number of rotatable bonds is 8. The van der Waals surface area contributed by atoms with Crippen molar-refractivity contribution >= 4 is 6.03 Å². The van der Waals surface area contributed by atoms with Gasteiger partial charge in [-0.25, -0.2) is 4.79 Å². The Labute approximate surface area is 152 Å². The maximum Gasteiger partial charge on any atom is 0.317 e. The summed E-state index contributed by atoms with van der Waals surface area (Å²) in [7, 11) is 3.85. The first-order chi connectivity index (χ1) is 12.1. The highest BCUT2D eigenvalue weighted by atomic mass is 16.5. The standard InChI is InChI=1S/C20H33N3O2/c1-17-6-8-19(9-7-17)16-23(13-14-25-3)20(24)21-11-10-18-5-4-12-22(2)15-18/h6-9,18H,4-5,10-16H2,1-3H3,(H,21,24)/t18-/m1/s1. The maximum atomic E-state index is 12.6. The van der Waals surface area contributed by atoms with Crippen molar-refractivity contribution in [3.63, 3.8) is 0 Å². The van der Waals surface area contributed by atoms with Gasteiger partial charge in [0.15, 0.2) is 0 Å². The van der Waals surface area contributed by atoms with Crippen molar-refractivity contribution in [1.82, 2.24) is 15.1 Å². The van der Waals surface area contributed by atoms with E-state index in [0.29, 0.717) is 25.6 Å². The molecule has 0 saturated carbocycles. The largest absolute Gasteiger partial charge is 0.383 e. The lowest BCUT2D eigenvalue weighted by Crippen LogP contribution is -2.42. The Morgan fingerprint density at radius 3 is 2.80 bits per heavy atom. The molecule has 1 aliphatic heterocycles. The van der Waals surface area contributed by atoms with Gasteiger partial charge in [-0.3, -0.25) is 0 Å². The molecule has 0 aromatic heterocycles. The van der Waals surface area contributed by atoms with Crippen molar-refractivity contribution < 1.29 is 9.53 Å². The second-order valence-corrected chi connectivity index (χ2v) is 7.19. The molecule has 0 bridgehead atoms. The highest BCUT2D eigenvalue weighted by Gasteiger charge is 2.18. The Morgan fingerprint density at radius 2 is 2.12 bits per heavy atom. The number of hydrogen-bond acceptors (Lipinski definition) is 3. The molecule has 2 rings (SSSR count). The van der Waals surface area contributed by atoms with Crippen LogP contribution in [-0.2, 0) is 11.3 Å². The second kappa shape index (κ2) is 10.4. The Kier molecular flexibility index (Phi) is 8.22. The summed E-state index contributed by atoms with van der Waals surface area (Å²) in [5.74, 6) is 0.698. The molecule has 0 spiro atoms. The number of nitrogens with one attached hydrogen (secondary N) is 1. The molecule has 5 nitrogen and oxygen atoms in total. The van der Waals surface area contributed by atoms with Gasteiger partial charge in [0, 0.05) is 33.3 Å². The maximum absolute atomic E-state index is 12.6. The highest BCUT2D eigenvalue weighted by Crippen LogP contribution is 2.17. The van der Waals surface area contributed by atoms with Crippen LogP contribution < -0.4 is 5.32 Å². The number of hydrogen-bond donors (Lipinski definition) is 1. The third kappa shape index (κ3) is 7.04. The van der Waals surface area contributed by atoms with E-state index in [-0.39, 0.29) is 6.03 Å². The van der Waals surface area contributed by atoms with E-state index in [1.807, 2.05) is 4.90 Å². The summed E-state index contributed by atoms with van der Waals surface area (Å²) < 4.78 is 5.16. The monoisotopic (exact) mass is 347 g/mol. The summed E-state index contributed by atoms with van der Waals surface area (Å²) >= 11 is 0. The minimum absolute atomic E-state index is 0.00166. The van der Waals surface area contributed by atoms with Crippen LogP contribution in [0.1, 0.15) is 30.4 Å². The first kappa shape index (κ1) is 19.7. The van der Waals surface area contributed by atoms with Crippen molar-refractivity contribution in [2.45, 2.75) is 32.7 Å². The van der Waals surface area contributed by atoms with Gasteiger partial charge >= 0.3 is 6.03 Å². The zero-order valence-electron chi connectivity index (χ0n) is 16.0. The van der Waals surface area contributed by atoms with Crippen molar-refractivity contribution in [1.29, 1.82) is 0 Å². The molecule has 1 aromatic rings. The average molecular weight is 348 g/mol. The van der Waals surface area contributed by atoms with Gasteiger partial charge in [0.2, 0.25) is 0 Å². The van der Waals surface area contributed by atoms with E-state index in [1.165, 1.54) is 24.9 Å². The fourth-order valence-corrected chi connectivity index (χ4v) is 3.37. The molecule has 0 aliphatic carbocycles. The molecular weight excluding hydrogens is 314 g/mol. The second-order valence-electron chi connectivity index (χ2n) is 7.19. The van der Waals surface area contributed by atoms with Crippen molar-refractivity contribution in [2.24, 2.45) is 5.92 Å². The number of benzene rings is 1. The first-order valence-corrected chi connectivity index (χ1v) is 9.34. The Morgan fingerprint density at radius 1 is 1.36 bits per heavy atom. The van der Waals surface area contributed by atoms with Crippen LogP contribution in [0.5, 0.6) is 0 Å². The van der Waals surface area contributed by atoms with Crippen LogP contribution in [0.15, 0.2) is 24.3 Å². The molecule has 1 saturated heterocycles. The van der Waals surface area contributed by atoms with Crippen LogP contribution >= 0.6 is 0 Å². The number of likely N-dealkylation sites (tertiary alicyclic amines) is 1. The van der Waals surface area contributed by atoms with Crippen molar-refractivity contribution in [3.8, 4) is 0 Å². The SMILES string of the molecule is COCCN(Cc1ccc(C)cc1)C(=O)NCC[C@H]1CCCN(C)C1. The number of piperidine rings is 1. The number of urea groups is 1. The molecule has 1 aliphatic rings. The predicted octanol–water partition coefficient (Wildman–Crippen LogP) is 2.88. The third-order valence-electron chi connectivity index (χ3n) is 4.90. The van der Waals surface area contributed by atoms with Gasteiger partial charge in [0.05, 0.1) is 6.61 Å². The van der Waals surface area contributed by atoms with E-state index in [0.717, 1.165) is 25.1 Å². The normalized spacial score (nSPS) is 18.1. The van der Waals surface area contributed by atoms with E-state index < -0.39 is 0 Å². The fraction of sp³-hybridized carbons (Fsp3) is 0.650. The first-order valence-electron chi connectivity index (χ1n) is 9.34. The molecular formula is C20H33N3O2. The molecule has 25 heavy (non-hydrogen) atoms. The van der Waals surface area contributed by atoms with Gasteiger partial charge in [0.25, 0.3) is 0 Å². The summed E-state index contributed by atoms with van der Waals surface area (Å²) in [6.07, 6.45) is 3.60. The van der Waals surface area contributed by atoms with E-state index in [1.54, 1.807) is 7.11 Å². The molecule has 1 atom stereocenters. The average Bonchev–Trinajstić information content (AvgIpc) is 2.60. The Hall–Kier alpha value is -1.59. The van der Waals surface area contributed by atoms with E-state index in [2.05, 4.69) is 48.5 Å². The summed E-state index contributed by atoms with van der Waals surface area (Å²) in [5.41, 5.74) is 2.37. The molecule has 140 valence electrons. The minimum Gasteiger partial charge on any atom is -0.383 e. The quantitative estimate of drug-likeness (QED) is 0.786. The summed E-state index contributed by atoms with van der Waals surface area (Å²) in [5, 5.41) is 3.10. The molecule has 1 aromatic carbocycles. The van der Waals surface area contributed by atoms with Gasteiger partial charge in [-0.2, -0.15) is 0 Å². The van der Waals surface area contributed by atoms with Crippen LogP contribution in [0.4, 0.5) is 4.79 Å². The summed E-state index contributed by atoms with van der Waals surface area (Å²) in [6, 6.07) is 8.34. The lowest BCUT2D eigenvalue weighted by atomic mass is 9.95. The zero-order chi connectivity index (χ0) is 18.1. The molecule has 0 radical (unpaired) electrons. The molecule has 1 fully saturated rings. The Balaban J connectivity index is 1.81. The van der Waals surface area contributed by atoms with Crippen LogP contribution in [-0.4, -0.2) is 62.8 Å². The smallest absolute Gasteiger partial charge is 0.317 e. The van der Waals surface area contributed by atoms with Crippen molar-refractivity contribution in [2.75, 3.05) is 46.9 Å². The lowest BCUT2D eigenvalue weighted by Gasteiger charge is -2.30. The molecule has 1 N–H and O–H groups in total. The molecule has 0 unspecified atom stereocenters. The predicted molar refractivity (Wildman–Crippen MR) is 102 cm³/mol. The van der Waals surface area contributed by atoms with E-state index in [9.17, 15) is 4.79 Å². The third-order valence-corrected chi connectivity index (χ3v) is 4.90. The van der Waals surface area contributed by atoms with Crippen LogP contribution in [0, 0.1) is 12.8 Å². The number of ether oxygens (including phenoxy) is 1. The van der Waals surface area contributed by atoms with Gasteiger partial charge in [-0.1, -0.05) is 29.8 Å². The Bertz CT molecular complexity index is 518. The topological polar surface area (TPSA) is 44.8 Å². The lowest BCUT2D eigenvalue weighted by molar-refractivity contribution is 0.145. The minimum atomic E-state index is 0.00166. The number of amides is 2. The number of aryl methyl sites for hydroxylation is 1. The number of nitrogens with zero attached hydrogens (tertiary/aromatic N) is 2. The number of methoxy groups -OCH3 is 1.